The number of fused-ring (bicyclic) bond motifs is 1. The van der Waals surface area contributed by atoms with Gasteiger partial charge in [0.2, 0.25) is 15.9 Å². The van der Waals surface area contributed by atoms with Gasteiger partial charge < -0.3 is 10.1 Å². The quantitative estimate of drug-likeness (QED) is 0.636. The second kappa shape index (κ2) is 8.76. The highest BCUT2D eigenvalue weighted by Crippen LogP contribution is 2.31. The number of nitrogens with zero attached hydrogens (tertiary/aromatic N) is 1. The lowest BCUT2D eigenvalue weighted by Crippen LogP contribution is -2.50. The number of rotatable bonds is 5. The molecule has 6 nitrogen and oxygen atoms in total. The maximum atomic E-state index is 13.6. The predicted octanol–water partition coefficient (Wildman–Crippen LogP) is 4.07. The molecule has 166 valence electrons. The molecule has 7 heteroatoms. The van der Waals surface area contributed by atoms with Crippen LogP contribution in [0, 0.1) is 13.8 Å². The van der Waals surface area contributed by atoms with E-state index in [0.29, 0.717) is 17.9 Å². The number of amides is 1. The van der Waals surface area contributed by atoms with E-state index in [1.54, 1.807) is 12.1 Å². The van der Waals surface area contributed by atoms with Crippen LogP contribution in [0.1, 0.15) is 22.3 Å². The van der Waals surface area contributed by atoms with Crippen molar-refractivity contribution in [2.45, 2.75) is 37.8 Å². The molecule has 0 aliphatic carbocycles. The second-order valence-corrected chi connectivity index (χ2v) is 9.84. The smallest absolute Gasteiger partial charge is 0.244 e. The molecule has 4 rings (SSSR count). The molecule has 0 aromatic heterocycles. The van der Waals surface area contributed by atoms with Crippen LogP contribution < -0.4 is 10.1 Å². The van der Waals surface area contributed by atoms with Crippen molar-refractivity contribution in [3.05, 3.63) is 89.0 Å². The zero-order valence-electron chi connectivity index (χ0n) is 18.3. The largest absolute Gasteiger partial charge is 0.497 e. The van der Waals surface area contributed by atoms with Crippen molar-refractivity contribution in [3.8, 4) is 5.75 Å². The van der Waals surface area contributed by atoms with E-state index in [-0.39, 0.29) is 17.3 Å². The first-order valence-electron chi connectivity index (χ1n) is 10.4. The number of carbonyl (C=O) groups is 1. The fourth-order valence-electron chi connectivity index (χ4n) is 3.96. The van der Waals surface area contributed by atoms with E-state index < -0.39 is 16.1 Å². The molecule has 0 bridgehead atoms. The number of ether oxygens (including phenoxy) is 1. The Balaban J connectivity index is 1.72. The normalized spacial score (nSPS) is 16.3. The van der Waals surface area contributed by atoms with Gasteiger partial charge >= 0.3 is 0 Å². The lowest BCUT2D eigenvalue weighted by atomic mass is 9.95. The lowest BCUT2D eigenvalue weighted by Gasteiger charge is -2.35. The molecule has 0 saturated heterocycles. The summed E-state index contributed by atoms with van der Waals surface area (Å²) < 4.78 is 33.6. The van der Waals surface area contributed by atoms with Gasteiger partial charge in [0, 0.05) is 12.2 Å². The number of anilines is 1. The minimum Gasteiger partial charge on any atom is -0.497 e. The Labute approximate surface area is 188 Å². The number of nitrogens with one attached hydrogen (secondary N) is 1. The molecular formula is C25H26N2O4S. The van der Waals surface area contributed by atoms with Crippen molar-refractivity contribution >= 4 is 21.6 Å². The number of benzene rings is 3. The monoisotopic (exact) mass is 450 g/mol. The van der Waals surface area contributed by atoms with Crippen LogP contribution in [0.25, 0.3) is 0 Å². The van der Waals surface area contributed by atoms with Crippen LogP contribution in [-0.2, 0) is 27.8 Å². The average Bonchev–Trinajstić information content (AvgIpc) is 2.81. The van der Waals surface area contributed by atoms with Crippen LogP contribution in [0.5, 0.6) is 5.75 Å². The molecule has 3 aromatic rings. The van der Waals surface area contributed by atoms with Gasteiger partial charge in [0.1, 0.15) is 11.8 Å². The fourth-order valence-corrected chi connectivity index (χ4v) is 5.53. The van der Waals surface area contributed by atoms with E-state index in [1.165, 1.54) is 23.5 Å². The molecule has 0 saturated carbocycles. The Kier molecular flexibility index (Phi) is 6.04. The van der Waals surface area contributed by atoms with Crippen LogP contribution in [0.2, 0.25) is 0 Å². The van der Waals surface area contributed by atoms with Gasteiger partial charge in [-0.2, -0.15) is 4.31 Å². The molecule has 1 N–H and O–H groups in total. The van der Waals surface area contributed by atoms with E-state index in [2.05, 4.69) is 5.32 Å². The Morgan fingerprint density at radius 1 is 0.969 bits per heavy atom. The molecule has 1 amide bonds. The summed E-state index contributed by atoms with van der Waals surface area (Å²) in [5.41, 5.74) is 4.59. The number of methoxy groups -OCH3 is 1. The zero-order chi connectivity index (χ0) is 22.9. The molecule has 1 aliphatic rings. The van der Waals surface area contributed by atoms with E-state index in [0.717, 1.165) is 22.3 Å². The van der Waals surface area contributed by atoms with Crippen molar-refractivity contribution in [2.75, 3.05) is 12.4 Å². The first kappa shape index (κ1) is 22.0. The topological polar surface area (TPSA) is 75.7 Å². The minimum atomic E-state index is -3.92. The summed E-state index contributed by atoms with van der Waals surface area (Å²) in [7, 11) is -2.39. The maximum absolute atomic E-state index is 13.6. The lowest BCUT2D eigenvalue weighted by molar-refractivity contribution is -0.120. The van der Waals surface area contributed by atoms with Gasteiger partial charge in [-0.05, 0) is 72.9 Å². The third kappa shape index (κ3) is 4.13. The van der Waals surface area contributed by atoms with Crippen LogP contribution in [0.15, 0.2) is 71.6 Å². The van der Waals surface area contributed by atoms with Crippen LogP contribution >= 0.6 is 0 Å². The highest BCUT2D eigenvalue weighted by atomic mass is 32.2. The first-order valence-corrected chi connectivity index (χ1v) is 11.8. The summed E-state index contributed by atoms with van der Waals surface area (Å²) in [6.45, 7) is 4.05. The van der Waals surface area contributed by atoms with Gasteiger partial charge in [-0.15, -0.1) is 0 Å². The number of hydrogen-bond acceptors (Lipinski definition) is 4. The van der Waals surface area contributed by atoms with Crippen LogP contribution in [0.3, 0.4) is 0 Å². The molecule has 1 aliphatic heterocycles. The zero-order valence-corrected chi connectivity index (χ0v) is 19.1. The van der Waals surface area contributed by atoms with E-state index >= 15 is 0 Å². The van der Waals surface area contributed by atoms with Gasteiger partial charge in [-0.3, -0.25) is 4.79 Å². The number of sulfonamides is 1. The number of carbonyl (C=O) groups excluding carboxylic acids is 1. The third-order valence-electron chi connectivity index (χ3n) is 6.04. The highest BCUT2D eigenvalue weighted by Gasteiger charge is 2.39. The Bertz CT molecular complexity index is 1250. The molecule has 0 radical (unpaired) electrons. The summed E-state index contributed by atoms with van der Waals surface area (Å²) in [6, 6.07) is 18.7. The van der Waals surface area contributed by atoms with Crippen molar-refractivity contribution in [2.24, 2.45) is 0 Å². The average molecular weight is 451 g/mol. The second-order valence-electron chi connectivity index (χ2n) is 7.95. The van der Waals surface area contributed by atoms with Crippen molar-refractivity contribution in [1.82, 2.24) is 4.31 Å². The van der Waals surface area contributed by atoms with Crippen LogP contribution in [0.4, 0.5) is 5.69 Å². The number of aryl methyl sites for hydroxylation is 1. The van der Waals surface area contributed by atoms with Gasteiger partial charge in [0.05, 0.1) is 12.0 Å². The summed E-state index contributed by atoms with van der Waals surface area (Å²) in [5.74, 6) is 0.224. The van der Waals surface area contributed by atoms with Crippen molar-refractivity contribution in [1.29, 1.82) is 0 Å². The summed E-state index contributed by atoms with van der Waals surface area (Å²) >= 11 is 0. The maximum Gasteiger partial charge on any atom is 0.244 e. The van der Waals surface area contributed by atoms with Gasteiger partial charge in [0.15, 0.2) is 0 Å². The molecular weight excluding hydrogens is 424 g/mol. The van der Waals surface area contributed by atoms with E-state index in [4.69, 9.17) is 4.74 Å². The first-order chi connectivity index (χ1) is 15.3. The van der Waals surface area contributed by atoms with Gasteiger partial charge in [-0.1, -0.05) is 36.4 Å². The summed E-state index contributed by atoms with van der Waals surface area (Å²) in [4.78, 5) is 13.5. The Hall–Kier alpha value is -3.16. The minimum absolute atomic E-state index is 0.127. The molecule has 0 unspecified atom stereocenters. The molecule has 0 fully saturated rings. The molecule has 3 aromatic carbocycles. The highest BCUT2D eigenvalue weighted by molar-refractivity contribution is 7.89. The van der Waals surface area contributed by atoms with Crippen LogP contribution in [-0.4, -0.2) is 31.8 Å². The summed E-state index contributed by atoms with van der Waals surface area (Å²) in [5, 5.41) is 2.96. The molecule has 1 atom stereocenters. The van der Waals surface area contributed by atoms with Crippen molar-refractivity contribution in [3.63, 3.8) is 0 Å². The van der Waals surface area contributed by atoms with E-state index in [9.17, 15) is 13.2 Å². The summed E-state index contributed by atoms with van der Waals surface area (Å²) in [6.07, 6.45) is 0.308. The molecule has 1 heterocycles. The Morgan fingerprint density at radius 3 is 2.34 bits per heavy atom. The van der Waals surface area contributed by atoms with E-state index in [1.807, 2.05) is 56.3 Å². The van der Waals surface area contributed by atoms with Gasteiger partial charge in [0.25, 0.3) is 0 Å². The van der Waals surface area contributed by atoms with Crippen molar-refractivity contribution < 1.29 is 17.9 Å². The predicted molar refractivity (Wildman–Crippen MR) is 124 cm³/mol. The molecule has 32 heavy (non-hydrogen) atoms. The molecule has 0 spiro atoms. The Morgan fingerprint density at radius 2 is 1.66 bits per heavy atom. The number of hydrogen-bond donors (Lipinski definition) is 1. The third-order valence-corrected chi connectivity index (χ3v) is 7.91. The van der Waals surface area contributed by atoms with Gasteiger partial charge in [-0.25, -0.2) is 8.42 Å². The standard InChI is InChI=1S/C25H26N2O4S/c1-17-7-6-10-23(18(17)2)26-25(28)24-15-19-8-4-5-9-20(19)16-27(24)32(29,30)22-13-11-21(31-3)12-14-22/h4-14,24H,15-16H2,1-3H3,(H,26,28)/t24-/m0/s1. The fraction of sp³-hybridized carbons (Fsp3) is 0.240. The SMILES string of the molecule is COc1ccc(S(=O)(=O)N2Cc3ccccc3C[C@H]2C(=O)Nc2cccc(C)c2C)cc1.